The van der Waals surface area contributed by atoms with E-state index in [0.29, 0.717) is 28.0 Å². The molecule has 0 saturated carbocycles. The van der Waals surface area contributed by atoms with Crippen LogP contribution < -0.4 is 14.2 Å². The molecule has 3 aromatic rings. The molecule has 0 amide bonds. The number of methoxy groups -OCH3 is 3. The van der Waals surface area contributed by atoms with Crippen LogP contribution in [0.15, 0.2) is 30.6 Å². The molecule has 0 spiro atoms. The molecule has 2 heterocycles. The van der Waals surface area contributed by atoms with Gasteiger partial charge in [-0.1, -0.05) is 17.7 Å². The van der Waals surface area contributed by atoms with Gasteiger partial charge in [-0.2, -0.15) is 5.26 Å². The molecule has 3 rings (SSSR count). The molecule has 0 bridgehead atoms. The van der Waals surface area contributed by atoms with E-state index in [9.17, 15) is 8.42 Å². The number of hydrogen-bond acceptors (Lipinski definition) is 10. The summed E-state index contributed by atoms with van der Waals surface area (Å²) < 4.78 is 47.1. The molecule has 0 fully saturated rings. The van der Waals surface area contributed by atoms with Crippen molar-refractivity contribution in [3.05, 3.63) is 47.3 Å². The fourth-order valence-corrected chi connectivity index (χ4v) is 4.59. The number of hydrogen-bond donors (Lipinski definition) is 1. The summed E-state index contributed by atoms with van der Waals surface area (Å²) in [5.74, 6) is 1.15. The number of nitrogens with zero attached hydrogens (tertiary/aromatic N) is 6. The maximum absolute atomic E-state index is 13.4. The monoisotopic (exact) mass is 521 g/mol. The van der Waals surface area contributed by atoms with E-state index in [1.54, 1.807) is 18.2 Å². The number of sulfonamides is 1. The van der Waals surface area contributed by atoms with E-state index < -0.39 is 21.4 Å². The number of para-hydroxylation sites is 1. The zero-order valence-electron chi connectivity index (χ0n) is 19.5. The number of nitriles is 1. The standard InChI is InChI=1S/C21H24ClN7O5S/c1-13(19(34-4)20-24-11-14(22)12-25-20)35(30,31)28-21-27-26-17(9-6-10-23)29(21)18-15(32-2)7-5-8-16(18)33-3/h5,7-8,11-13,19H,6,9H2,1-4H3,(H,27,28). The largest absolute Gasteiger partial charge is 0.494 e. The van der Waals surface area contributed by atoms with Crippen molar-refractivity contribution in [1.82, 2.24) is 24.7 Å². The molecule has 2 unspecified atom stereocenters. The molecule has 14 heteroatoms. The first-order chi connectivity index (χ1) is 16.8. The highest BCUT2D eigenvalue weighted by molar-refractivity contribution is 7.93. The van der Waals surface area contributed by atoms with Crippen molar-refractivity contribution in [1.29, 1.82) is 5.26 Å². The molecule has 0 aliphatic carbocycles. The molecule has 2 aromatic heterocycles. The van der Waals surface area contributed by atoms with E-state index in [-0.39, 0.29) is 24.6 Å². The molecule has 0 aliphatic rings. The number of rotatable bonds is 11. The Morgan fingerprint density at radius 1 is 1.14 bits per heavy atom. The van der Waals surface area contributed by atoms with Crippen LogP contribution in [0, 0.1) is 11.3 Å². The third-order valence-electron chi connectivity index (χ3n) is 5.11. The first-order valence-corrected chi connectivity index (χ1v) is 12.2. The summed E-state index contributed by atoms with van der Waals surface area (Å²) in [5.41, 5.74) is 0.380. The Balaban J connectivity index is 2.07. The topological polar surface area (TPSA) is 154 Å². The quantitative estimate of drug-likeness (QED) is 0.398. The third-order valence-corrected chi connectivity index (χ3v) is 7.00. The van der Waals surface area contributed by atoms with Crippen LogP contribution in [-0.2, 0) is 21.2 Å². The Kier molecular flexibility index (Phi) is 8.44. The summed E-state index contributed by atoms with van der Waals surface area (Å²) in [6, 6.07) is 7.15. The normalized spacial score (nSPS) is 13.0. The van der Waals surface area contributed by atoms with Crippen LogP contribution in [-0.4, -0.2) is 59.7 Å². The fourth-order valence-electron chi connectivity index (χ4n) is 3.36. The molecule has 0 aliphatic heterocycles. The highest BCUT2D eigenvalue weighted by atomic mass is 35.5. The summed E-state index contributed by atoms with van der Waals surface area (Å²) in [4.78, 5) is 8.16. The average molecular weight is 522 g/mol. The molecule has 2 atom stereocenters. The number of nitrogens with one attached hydrogen (secondary N) is 1. The molecular weight excluding hydrogens is 498 g/mol. The van der Waals surface area contributed by atoms with Gasteiger partial charge in [0.15, 0.2) is 5.82 Å². The lowest BCUT2D eigenvalue weighted by Gasteiger charge is -2.22. The van der Waals surface area contributed by atoms with Crippen LogP contribution in [0.25, 0.3) is 5.69 Å². The van der Waals surface area contributed by atoms with Gasteiger partial charge in [-0.25, -0.2) is 18.4 Å². The zero-order valence-corrected chi connectivity index (χ0v) is 21.0. The molecule has 1 N–H and O–H groups in total. The first kappa shape index (κ1) is 26.1. The van der Waals surface area contributed by atoms with Gasteiger partial charge in [0.2, 0.25) is 16.0 Å². The van der Waals surface area contributed by atoms with Crippen molar-refractivity contribution in [3.8, 4) is 23.3 Å². The summed E-state index contributed by atoms with van der Waals surface area (Å²) in [6.45, 7) is 1.45. The van der Waals surface area contributed by atoms with E-state index in [4.69, 9.17) is 31.1 Å². The van der Waals surface area contributed by atoms with Crippen molar-refractivity contribution >= 4 is 27.6 Å². The smallest absolute Gasteiger partial charge is 0.243 e. The van der Waals surface area contributed by atoms with Crippen LogP contribution >= 0.6 is 11.6 Å². The second kappa shape index (κ2) is 11.3. The Morgan fingerprint density at radius 3 is 2.31 bits per heavy atom. The molecule has 0 radical (unpaired) electrons. The average Bonchev–Trinajstić information content (AvgIpc) is 3.24. The predicted octanol–water partition coefficient (Wildman–Crippen LogP) is 2.70. The number of ether oxygens (including phenoxy) is 3. The first-order valence-electron chi connectivity index (χ1n) is 10.3. The van der Waals surface area contributed by atoms with E-state index >= 15 is 0 Å². The fraction of sp³-hybridized carbons (Fsp3) is 0.381. The minimum atomic E-state index is -4.12. The number of aryl methyl sites for hydroxylation is 1. The number of benzene rings is 1. The Bertz CT molecular complexity index is 1290. The zero-order chi connectivity index (χ0) is 25.6. The highest BCUT2D eigenvalue weighted by Gasteiger charge is 2.34. The van der Waals surface area contributed by atoms with Crippen molar-refractivity contribution in [2.75, 3.05) is 26.1 Å². The Labute approximate surface area is 207 Å². The second-order valence-corrected chi connectivity index (χ2v) is 9.69. The van der Waals surface area contributed by atoms with Gasteiger partial charge in [-0.15, -0.1) is 10.2 Å². The molecule has 1 aromatic carbocycles. The van der Waals surface area contributed by atoms with Crippen molar-refractivity contribution in [3.63, 3.8) is 0 Å². The predicted molar refractivity (Wildman–Crippen MR) is 127 cm³/mol. The lowest BCUT2D eigenvalue weighted by molar-refractivity contribution is 0.0950. The minimum Gasteiger partial charge on any atom is -0.494 e. The van der Waals surface area contributed by atoms with Crippen molar-refractivity contribution in [2.24, 2.45) is 0 Å². The van der Waals surface area contributed by atoms with Gasteiger partial charge in [0, 0.05) is 32.3 Å². The van der Waals surface area contributed by atoms with Crippen LogP contribution in [0.4, 0.5) is 5.95 Å². The molecular formula is C21H24ClN7O5S. The third kappa shape index (κ3) is 5.61. The molecule has 35 heavy (non-hydrogen) atoms. The highest BCUT2D eigenvalue weighted by Crippen LogP contribution is 2.36. The van der Waals surface area contributed by atoms with Crippen LogP contribution in [0.1, 0.15) is 31.1 Å². The maximum atomic E-state index is 13.4. The van der Waals surface area contributed by atoms with Gasteiger partial charge in [0.05, 0.1) is 25.3 Å². The summed E-state index contributed by atoms with van der Waals surface area (Å²) >= 11 is 5.84. The van der Waals surface area contributed by atoms with Gasteiger partial charge in [-0.05, 0) is 19.1 Å². The van der Waals surface area contributed by atoms with Crippen LogP contribution in [0.5, 0.6) is 11.5 Å². The van der Waals surface area contributed by atoms with E-state index in [2.05, 4.69) is 31.0 Å². The number of halogens is 1. The van der Waals surface area contributed by atoms with Crippen molar-refractivity contribution < 1.29 is 22.6 Å². The molecule has 0 saturated heterocycles. The van der Waals surface area contributed by atoms with Gasteiger partial charge in [0.1, 0.15) is 34.4 Å². The molecule has 12 nitrogen and oxygen atoms in total. The molecule has 186 valence electrons. The van der Waals surface area contributed by atoms with Gasteiger partial charge >= 0.3 is 0 Å². The van der Waals surface area contributed by atoms with Gasteiger partial charge in [-0.3, -0.25) is 9.29 Å². The van der Waals surface area contributed by atoms with Gasteiger partial charge in [0.25, 0.3) is 0 Å². The summed E-state index contributed by atoms with van der Waals surface area (Å²) in [6.07, 6.45) is 2.06. The van der Waals surface area contributed by atoms with Crippen LogP contribution in [0.2, 0.25) is 5.02 Å². The summed E-state index contributed by atoms with van der Waals surface area (Å²) in [7, 11) is 0.182. The lowest BCUT2D eigenvalue weighted by atomic mass is 10.2. The van der Waals surface area contributed by atoms with E-state index in [0.717, 1.165) is 0 Å². The number of aromatic nitrogens is 5. The lowest BCUT2D eigenvalue weighted by Crippen LogP contribution is -2.33. The number of anilines is 1. The van der Waals surface area contributed by atoms with Crippen molar-refractivity contribution in [2.45, 2.75) is 31.1 Å². The second-order valence-electron chi connectivity index (χ2n) is 7.21. The van der Waals surface area contributed by atoms with Crippen LogP contribution in [0.3, 0.4) is 0 Å². The summed E-state index contributed by atoms with van der Waals surface area (Å²) in [5, 5.41) is 16.4. The SMILES string of the molecule is COc1cccc(OC)c1-n1c(CCC#N)nnc1NS(=O)(=O)C(C)C(OC)c1ncc(Cl)cn1. The Hall–Kier alpha value is -3.47. The van der Waals surface area contributed by atoms with Gasteiger partial charge < -0.3 is 14.2 Å². The van der Waals surface area contributed by atoms with E-state index in [1.165, 1.54) is 45.2 Å². The Morgan fingerprint density at radius 2 is 1.77 bits per heavy atom. The van der Waals surface area contributed by atoms with E-state index in [1.807, 2.05) is 0 Å². The minimum absolute atomic E-state index is 0.112. The maximum Gasteiger partial charge on any atom is 0.243 e.